The third kappa shape index (κ3) is 9.26. The molecule has 78 heavy (non-hydrogen) atoms. The molecule has 0 saturated carbocycles. The van der Waals surface area contributed by atoms with Crippen molar-refractivity contribution < 1.29 is 0 Å². The van der Waals surface area contributed by atoms with E-state index in [0.717, 1.165) is 90.8 Å². The molecule has 374 valence electrons. The zero-order chi connectivity index (χ0) is 52.7. The molecule has 4 heteroatoms. The average Bonchev–Trinajstić information content (AvgIpc) is 3.67. The number of hydrogen-bond donors (Lipinski definition) is 0. The van der Waals surface area contributed by atoms with Crippen molar-refractivity contribution in [1.82, 2.24) is 8.97 Å². The monoisotopic (exact) mass is 1000 g/mol. The van der Waals surface area contributed by atoms with E-state index < -0.39 is 0 Å². The molecule has 0 radical (unpaired) electrons. The molecule has 12 rings (SSSR count). The van der Waals surface area contributed by atoms with Gasteiger partial charge < -0.3 is 9.80 Å². The highest BCUT2D eigenvalue weighted by Crippen LogP contribution is 2.54. The predicted octanol–water partition coefficient (Wildman–Crippen LogP) is 21.5. The molecule has 4 nitrogen and oxygen atoms in total. The largest absolute Gasteiger partial charge is 0.310 e. The first-order valence-electron chi connectivity index (χ1n) is 26.8. The van der Waals surface area contributed by atoms with E-state index in [2.05, 4.69) is 351 Å². The summed E-state index contributed by atoms with van der Waals surface area (Å²) >= 11 is 0. The van der Waals surface area contributed by atoms with Gasteiger partial charge in [0.1, 0.15) is 45.5 Å². The van der Waals surface area contributed by atoms with Crippen molar-refractivity contribution >= 4 is 79.6 Å². The molecule has 0 N–H and O–H groups in total. The van der Waals surface area contributed by atoms with Crippen molar-refractivity contribution in [3.63, 3.8) is 0 Å². The van der Waals surface area contributed by atoms with Gasteiger partial charge in [0, 0.05) is 131 Å². The second-order valence-electron chi connectivity index (χ2n) is 19.8. The van der Waals surface area contributed by atoms with Crippen molar-refractivity contribution in [2.45, 2.75) is 13.8 Å². The molecule has 12 aromatic rings. The first-order chi connectivity index (χ1) is 38.5. The molecule has 0 aromatic heterocycles. The fourth-order valence-corrected chi connectivity index (χ4v) is 11.4. The van der Waals surface area contributed by atoms with Gasteiger partial charge in [0.25, 0.3) is 0 Å². The van der Waals surface area contributed by atoms with Gasteiger partial charge in [-0.25, -0.2) is 0 Å². The highest BCUT2D eigenvalue weighted by atomic mass is 15.4. The summed E-state index contributed by atoms with van der Waals surface area (Å²) < 4.78 is 0.774. The maximum Gasteiger partial charge on any atom is 0.148 e. The van der Waals surface area contributed by atoms with Crippen molar-refractivity contribution in [1.29, 1.82) is 0 Å². The summed E-state index contributed by atoms with van der Waals surface area (Å²) in [6.07, 6.45) is 0. The summed E-state index contributed by atoms with van der Waals surface area (Å²) in [5.74, 6) is 0. The Labute approximate surface area is 459 Å². The van der Waals surface area contributed by atoms with Gasteiger partial charge in [0.2, 0.25) is 0 Å². The van der Waals surface area contributed by atoms with E-state index in [4.69, 9.17) is 0 Å². The van der Waals surface area contributed by atoms with E-state index in [1.165, 1.54) is 11.1 Å². The van der Waals surface area contributed by atoms with Crippen LogP contribution in [0.15, 0.2) is 328 Å². The van der Waals surface area contributed by atoms with Crippen LogP contribution < -0.4 is 18.8 Å². The Bertz CT molecular complexity index is 3530. The fraction of sp³-hybridized carbons (Fsp3) is 0.0270. The van der Waals surface area contributed by atoms with Gasteiger partial charge in [-0.3, -0.25) is 0 Å². The highest BCUT2D eigenvalue weighted by Gasteiger charge is 2.41. The highest BCUT2D eigenvalue weighted by molar-refractivity contribution is 5.87. The summed E-state index contributed by atoms with van der Waals surface area (Å²) in [6, 6.07) is 119. The number of rotatable bonds is 15. The number of hydrogen-bond acceptors (Lipinski definition) is 2. The molecule has 12 aromatic carbocycles. The Morgan fingerprint density at radius 3 is 0.679 bits per heavy atom. The lowest BCUT2D eigenvalue weighted by Crippen LogP contribution is -2.33. The van der Waals surface area contributed by atoms with E-state index in [1.54, 1.807) is 0 Å². The summed E-state index contributed by atoms with van der Waals surface area (Å²) in [4.78, 5) is 4.67. The van der Waals surface area contributed by atoms with Crippen molar-refractivity contribution in [2.24, 2.45) is 0 Å². The molecule has 0 unspecified atom stereocenters. The maximum absolute atomic E-state index is 2.34. The van der Waals surface area contributed by atoms with Crippen molar-refractivity contribution in [3.05, 3.63) is 339 Å². The standard InChI is InChI=1S/C74H60N4/c1-57-23-21-29-65(55-57)75(61-25-9-3-10-26-61)63-43-51-73(52-44-63)77(67-31-13-5-14-32-67,68-33-15-6-16-34-68)71-47-39-59(40-48-71)60-41-49-72(50-42-60)78(69-35-17-7-18-36-69,70-37-19-8-20-38-70)74-53-45-64(46-54-74)76(62-27-11-4-12-28-62)66-30-22-24-58(2)56-66/h3-56H,1-2H3/q+2. The third-order valence-electron chi connectivity index (χ3n) is 15.0. The van der Waals surface area contributed by atoms with Crippen LogP contribution in [0.2, 0.25) is 0 Å². The van der Waals surface area contributed by atoms with Gasteiger partial charge in [-0.15, -0.1) is 0 Å². The second-order valence-corrected chi connectivity index (χ2v) is 19.8. The minimum atomic E-state index is 0.387. The minimum absolute atomic E-state index is 0.387. The number of benzene rings is 12. The number of aryl methyl sites for hydroxylation is 2. The molecular formula is C74H60N4+2. The zero-order valence-electron chi connectivity index (χ0n) is 44.0. The van der Waals surface area contributed by atoms with E-state index in [0.29, 0.717) is 8.97 Å². The normalized spacial score (nSPS) is 11.5. The Kier molecular flexibility index (Phi) is 13.7. The minimum Gasteiger partial charge on any atom is -0.310 e. The molecule has 0 amide bonds. The number of nitrogens with zero attached hydrogens (tertiary/aromatic N) is 4. The van der Waals surface area contributed by atoms with Crippen LogP contribution in [0.5, 0.6) is 0 Å². The molecule has 0 saturated heterocycles. The van der Waals surface area contributed by atoms with Gasteiger partial charge in [0.05, 0.1) is 0 Å². The molecule has 0 bridgehead atoms. The Hall–Kier alpha value is -9.84. The lowest BCUT2D eigenvalue weighted by Gasteiger charge is -2.37. The molecule has 0 fully saturated rings. The maximum atomic E-state index is 2.34. The lowest BCUT2D eigenvalue weighted by atomic mass is 10.00. The van der Waals surface area contributed by atoms with Crippen molar-refractivity contribution in [3.8, 4) is 11.1 Å². The summed E-state index contributed by atoms with van der Waals surface area (Å²) in [7, 11) is 0. The van der Waals surface area contributed by atoms with E-state index >= 15 is 0 Å². The van der Waals surface area contributed by atoms with Crippen LogP contribution in [0.1, 0.15) is 11.1 Å². The Balaban J connectivity index is 0.951. The fourth-order valence-electron chi connectivity index (χ4n) is 11.4. The molecule has 0 heterocycles. The molecule has 0 aliphatic heterocycles. The van der Waals surface area contributed by atoms with Crippen LogP contribution in [0.3, 0.4) is 0 Å². The topological polar surface area (TPSA) is 6.48 Å². The van der Waals surface area contributed by atoms with Gasteiger partial charge in [-0.1, -0.05) is 133 Å². The first-order valence-corrected chi connectivity index (χ1v) is 26.8. The van der Waals surface area contributed by atoms with Crippen LogP contribution >= 0.6 is 0 Å². The van der Waals surface area contributed by atoms with Gasteiger partial charge in [0.15, 0.2) is 0 Å². The summed E-state index contributed by atoms with van der Waals surface area (Å²) in [6.45, 7) is 4.30. The number of anilines is 6. The average molecular weight is 1010 g/mol. The lowest BCUT2D eigenvalue weighted by molar-refractivity contribution is 0.703. The van der Waals surface area contributed by atoms with Crippen LogP contribution in [0, 0.1) is 13.8 Å². The Morgan fingerprint density at radius 1 is 0.192 bits per heavy atom. The predicted molar refractivity (Wildman–Crippen MR) is 331 cm³/mol. The van der Waals surface area contributed by atoms with Crippen LogP contribution in [-0.4, -0.2) is 0 Å². The Morgan fingerprint density at radius 2 is 0.410 bits per heavy atom. The molecule has 0 aliphatic rings. The molecule has 0 aliphatic carbocycles. The van der Waals surface area contributed by atoms with E-state index in [-0.39, 0.29) is 0 Å². The van der Waals surface area contributed by atoms with Gasteiger partial charge in [-0.2, -0.15) is 8.97 Å². The SMILES string of the molecule is Cc1cccc(N(c2ccccc2)c2ccc([N+](c3ccccc3)(c3ccccc3)c3ccc(-c4ccc([N+](c5ccccc5)(c5ccccc5)c5ccc(N(c6ccccc6)c6cccc(C)c6)cc5)cc4)cc3)cc2)c1. The molecular weight excluding hydrogens is 945 g/mol. The quantitative estimate of drug-likeness (QED) is 0.0945. The van der Waals surface area contributed by atoms with Crippen LogP contribution in [-0.2, 0) is 0 Å². The molecule has 0 spiro atoms. The van der Waals surface area contributed by atoms with Gasteiger partial charge in [-0.05, 0) is 133 Å². The number of quaternary nitrogens is 2. The van der Waals surface area contributed by atoms with E-state index in [1.807, 2.05) is 0 Å². The van der Waals surface area contributed by atoms with Crippen LogP contribution in [0.4, 0.5) is 79.6 Å². The van der Waals surface area contributed by atoms with Crippen molar-refractivity contribution in [2.75, 3.05) is 9.80 Å². The summed E-state index contributed by atoms with van der Waals surface area (Å²) in [5.41, 5.74) is 20.4. The smallest absolute Gasteiger partial charge is 0.148 e. The summed E-state index contributed by atoms with van der Waals surface area (Å²) in [5, 5.41) is 0. The second kappa shape index (κ2) is 21.8. The molecule has 0 atom stereocenters. The zero-order valence-corrected chi connectivity index (χ0v) is 44.0. The number of para-hydroxylation sites is 6. The van der Waals surface area contributed by atoms with Crippen LogP contribution in [0.25, 0.3) is 11.1 Å². The van der Waals surface area contributed by atoms with E-state index in [9.17, 15) is 0 Å². The third-order valence-corrected chi connectivity index (χ3v) is 15.0. The first kappa shape index (κ1) is 49.1. The van der Waals surface area contributed by atoms with Gasteiger partial charge >= 0.3 is 0 Å².